The van der Waals surface area contributed by atoms with Crippen molar-refractivity contribution in [1.29, 1.82) is 0 Å². The predicted molar refractivity (Wildman–Crippen MR) is 52.3 cm³/mol. The van der Waals surface area contributed by atoms with E-state index in [1.807, 2.05) is 0 Å². The molecular formula is C11H22O. The largest absolute Gasteiger partial charge is 0.372 e. The molecule has 0 aromatic carbocycles. The maximum absolute atomic E-state index is 6.00. The van der Waals surface area contributed by atoms with Crippen molar-refractivity contribution in [1.82, 2.24) is 0 Å². The Morgan fingerprint density at radius 3 is 2.58 bits per heavy atom. The van der Waals surface area contributed by atoms with Gasteiger partial charge in [-0.3, -0.25) is 0 Å². The average molecular weight is 170 g/mol. The van der Waals surface area contributed by atoms with Crippen LogP contribution < -0.4 is 0 Å². The molecule has 72 valence electrons. The first kappa shape index (κ1) is 10.0. The van der Waals surface area contributed by atoms with Gasteiger partial charge in [0, 0.05) is 0 Å². The summed E-state index contributed by atoms with van der Waals surface area (Å²) in [4.78, 5) is 0. The Balaban J connectivity index is 2.41. The third kappa shape index (κ3) is 2.22. The van der Waals surface area contributed by atoms with Crippen LogP contribution in [-0.2, 0) is 4.74 Å². The fraction of sp³-hybridized carbons (Fsp3) is 1.00. The number of hydrogen-bond donors (Lipinski definition) is 0. The van der Waals surface area contributed by atoms with E-state index in [1.54, 1.807) is 0 Å². The Morgan fingerprint density at radius 2 is 2.17 bits per heavy atom. The SMILES string of the molecule is CCCCC1(CC)CCC(C)O1. The number of hydrogen-bond acceptors (Lipinski definition) is 1. The molecule has 0 N–H and O–H groups in total. The molecule has 1 heteroatoms. The molecule has 2 atom stereocenters. The monoisotopic (exact) mass is 170 g/mol. The minimum atomic E-state index is 0.259. The topological polar surface area (TPSA) is 9.23 Å². The average Bonchev–Trinajstić information content (AvgIpc) is 2.45. The third-order valence-corrected chi connectivity index (χ3v) is 3.09. The van der Waals surface area contributed by atoms with Crippen molar-refractivity contribution >= 4 is 0 Å². The van der Waals surface area contributed by atoms with E-state index in [0.717, 1.165) is 0 Å². The van der Waals surface area contributed by atoms with Gasteiger partial charge in [0.1, 0.15) is 0 Å². The molecule has 1 saturated heterocycles. The summed E-state index contributed by atoms with van der Waals surface area (Å²) in [7, 11) is 0. The molecule has 0 spiro atoms. The van der Waals surface area contributed by atoms with Crippen molar-refractivity contribution in [2.75, 3.05) is 0 Å². The molecule has 0 aromatic heterocycles. The minimum Gasteiger partial charge on any atom is -0.372 e. The highest BCUT2D eigenvalue weighted by atomic mass is 16.5. The summed E-state index contributed by atoms with van der Waals surface area (Å²) in [5.74, 6) is 0. The summed E-state index contributed by atoms with van der Waals surface area (Å²) < 4.78 is 6.00. The Kier molecular flexibility index (Phi) is 3.57. The molecule has 0 radical (unpaired) electrons. The molecule has 1 heterocycles. The Morgan fingerprint density at radius 1 is 1.42 bits per heavy atom. The van der Waals surface area contributed by atoms with Gasteiger partial charge in [0.2, 0.25) is 0 Å². The van der Waals surface area contributed by atoms with E-state index >= 15 is 0 Å². The first-order chi connectivity index (χ1) is 5.72. The minimum absolute atomic E-state index is 0.259. The Hall–Kier alpha value is -0.0400. The molecule has 1 fully saturated rings. The van der Waals surface area contributed by atoms with E-state index in [4.69, 9.17) is 4.74 Å². The molecule has 0 amide bonds. The van der Waals surface area contributed by atoms with E-state index in [1.165, 1.54) is 38.5 Å². The molecule has 1 nitrogen and oxygen atoms in total. The second-order valence-electron chi connectivity index (χ2n) is 4.11. The van der Waals surface area contributed by atoms with Crippen LogP contribution in [-0.4, -0.2) is 11.7 Å². The Labute approximate surface area is 76.5 Å². The fourth-order valence-corrected chi connectivity index (χ4v) is 2.13. The lowest BCUT2D eigenvalue weighted by atomic mass is 9.91. The maximum Gasteiger partial charge on any atom is 0.0684 e. The van der Waals surface area contributed by atoms with Crippen LogP contribution in [0.3, 0.4) is 0 Å². The van der Waals surface area contributed by atoms with Crippen molar-refractivity contribution in [3.8, 4) is 0 Å². The second kappa shape index (κ2) is 4.27. The molecule has 12 heavy (non-hydrogen) atoms. The van der Waals surface area contributed by atoms with Crippen molar-refractivity contribution in [2.24, 2.45) is 0 Å². The summed E-state index contributed by atoms with van der Waals surface area (Å²) in [6.45, 7) is 6.71. The van der Waals surface area contributed by atoms with Crippen molar-refractivity contribution < 1.29 is 4.74 Å². The predicted octanol–water partition coefficient (Wildman–Crippen LogP) is 3.52. The molecule has 1 aliphatic rings. The summed E-state index contributed by atoms with van der Waals surface area (Å²) in [5.41, 5.74) is 0.259. The van der Waals surface area contributed by atoms with Gasteiger partial charge in [-0.2, -0.15) is 0 Å². The molecule has 2 unspecified atom stereocenters. The molecule has 0 saturated carbocycles. The van der Waals surface area contributed by atoms with Crippen LogP contribution in [0.4, 0.5) is 0 Å². The fourth-order valence-electron chi connectivity index (χ4n) is 2.13. The zero-order valence-electron chi connectivity index (χ0n) is 8.73. The molecule has 1 rings (SSSR count). The first-order valence-corrected chi connectivity index (χ1v) is 5.40. The van der Waals surface area contributed by atoms with E-state index in [2.05, 4.69) is 20.8 Å². The summed E-state index contributed by atoms with van der Waals surface area (Å²) in [5, 5.41) is 0. The number of rotatable bonds is 4. The van der Waals surface area contributed by atoms with Crippen LogP contribution in [0.25, 0.3) is 0 Å². The first-order valence-electron chi connectivity index (χ1n) is 5.40. The smallest absolute Gasteiger partial charge is 0.0684 e. The van der Waals surface area contributed by atoms with Gasteiger partial charge in [-0.05, 0) is 32.6 Å². The van der Waals surface area contributed by atoms with Gasteiger partial charge < -0.3 is 4.74 Å². The van der Waals surface area contributed by atoms with E-state index in [0.29, 0.717) is 6.10 Å². The van der Waals surface area contributed by atoms with Crippen LogP contribution in [0.15, 0.2) is 0 Å². The highest BCUT2D eigenvalue weighted by Gasteiger charge is 2.35. The lowest BCUT2D eigenvalue weighted by molar-refractivity contribution is -0.0433. The third-order valence-electron chi connectivity index (χ3n) is 3.09. The van der Waals surface area contributed by atoms with Crippen LogP contribution >= 0.6 is 0 Å². The molecule has 0 bridgehead atoms. The summed E-state index contributed by atoms with van der Waals surface area (Å²) in [6, 6.07) is 0. The van der Waals surface area contributed by atoms with Gasteiger partial charge in [0.15, 0.2) is 0 Å². The van der Waals surface area contributed by atoms with Gasteiger partial charge in [-0.1, -0.05) is 26.7 Å². The van der Waals surface area contributed by atoms with Crippen LogP contribution in [0.2, 0.25) is 0 Å². The van der Waals surface area contributed by atoms with Gasteiger partial charge in [-0.15, -0.1) is 0 Å². The summed E-state index contributed by atoms with van der Waals surface area (Å²) >= 11 is 0. The lowest BCUT2D eigenvalue weighted by Crippen LogP contribution is -2.27. The number of unbranched alkanes of at least 4 members (excludes halogenated alkanes) is 1. The van der Waals surface area contributed by atoms with Crippen LogP contribution in [0.5, 0.6) is 0 Å². The lowest BCUT2D eigenvalue weighted by Gasteiger charge is -2.27. The Bertz CT molecular complexity index is 133. The normalized spacial score (nSPS) is 35.8. The highest BCUT2D eigenvalue weighted by molar-refractivity contribution is 4.86. The van der Waals surface area contributed by atoms with Crippen LogP contribution in [0.1, 0.15) is 59.3 Å². The van der Waals surface area contributed by atoms with Gasteiger partial charge in [-0.25, -0.2) is 0 Å². The molecular weight excluding hydrogens is 148 g/mol. The standard InChI is InChI=1S/C11H22O/c1-4-6-8-11(5-2)9-7-10(3)12-11/h10H,4-9H2,1-3H3. The highest BCUT2D eigenvalue weighted by Crippen LogP contribution is 2.36. The molecule has 0 aromatic rings. The van der Waals surface area contributed by atoms with Crippen molar-refractivity contribution in [2.45, 2.75) is 71.0 Å². The second-order valence-corrected chi connectivity index (χ2v) is 4.11. The van der Waals surface area contributed by atoms with Gasteiger partial charge in [0.05, 0.1) is 11.7 Å². The molecule has 0 aliphatic carbocycles. The van der Waals surface area contributed by atoms with Gasteiger partial charge >= 0.3 is 0 Å². The van der Waals surface area contributed by atoms with E-state index < -0.39 is 0 Å². The number of ether oxygens (including phenoxy) is 1. The van der Waals surface area contributed by atoms with Crippen LogP contribution in [0, 0.1) is 0 Å². The van der Waals surface area contributed by atoms with E-state index in [-0.39, 0.29) is 5.60 Å². The van der Waals surface area contributed by atoms with Crippen molar-refractivity contribution in [3.05, 3.63) is 0 Å². The maximum atomic E-state index is 6.00. The van der Waals surface area contributed by atoms with Gasteiger partial charge in [0.25, 0.3) is 0 Å². The van der Waals surface area contributed by atoms with E-state index in [9.17, 15) is 0 Å². The summed E-state index contributed by atoms with van der Waals surface area (Å²) in [6.07, 6.45) is 8.12. The zero-order valence-corrected chi connectivity index (χ0v) is 8.73. The quantitative estimate of drug-likeness (QED) is 0.627. The zero-order chi connectivity index (χ0) is 9.03. The molecule has 1 aliphatic heterocycles. The van der Waals surface area contributed by atoms with Crippen molar-refractivity contribution in [3.63, 3.8) is 0 Å².